The number of hydrogen-bond donors (Lipinski definition) is 2. The van der Waals surface area contributed by atoms with Crippen LogP contribution in [0, 0.1) is 0 Å². The molecular formula is C20H11F3O4. The zero-order valence-corrected chi connectivity index (χ0v) is 13.5. The highest BCUT2D eigenvalue weighted by Gasteiger charge is 2.34. The molecule has 1 heterocycles. The monoisotopic (exact) mass is 372 g/mol. The van der Waals surface area contributed by atoms with Crippen molar-refractivity contribution < 1.29 is 27.8 Å². The molecule has 4 rings (SSSR count). The summed E-state index contributed by atoms with van der Waals surface area (Å²) in [5, 5.41) is 20.1. The molecule has 3 aromatic carbocycles. The number of phenols is 2. The predicted octanol–water partition coefficient (Wildman–Crippen LogP) is 5.04. The van der Waals surface area contributed by atoms with E-state index in [0.717, 1.165) is 12.3 Å². The van der Waals surface area contributed by atoms with E-state index in [4.69, 9.17) is 4.42 Å². The van der Waals surface area contributed by atoms with Gasteiger partial charge < -0.3 is 14.6 Å². The molecule has 0 atom stereocenters. The number of benzene rings is 3. The number of aromatic hydroxyl groups is 2. The molecule has 0 saturated heterocycles. The molecule has 136 valence electrons. The third kappa shape index (κ3) is 2.59. The summed E-state index contributed by atoms with van der Waals surface area (Å²) >= 11 is 0. The summed E-state index contributed by atoms with van der Waals surface area (Å²) in [6.07, 6.45) is -3.64. The molecule has 4 aromatic rings. The molecule has 1 aromatic heterocycles. The van der Waals surface area contributed by atoms with Gasteiger partial charge in [0.15, 0.2) is 11.5 Å². The topological polar surface area (TPSA) is 70.7 Å². The maximum absolute atomic E-state index is 13.3. The number of fused-ring (bicyclic) bond motifs is 3. The Bertz CT molecular complexity index is 1260. The maximum Gasteiger partial charge on any atom is 0.417 e. The molecule has 4 nitrogen and oxygen atoms in total. The van der Waals surface area contributed by atoms with E-state index >= 15 is 0 Å². The smallest absolute Gasteiger partial charge is 0.417 e. The fourth-order valence-corrected chi connectivity index (χ4v) is 3.15. The van der Waals surface area contributed by atoms with Crippen molar-refractivity contribution in [1.82, 2.24) is 0 Å². The highest BCUT2D eigenvalue weighted by atomic mass is 19.4. The van der Waals surface area contributed by atoms with Crippen LogP contribution in [0.15, 0.2) is 64.0 Å². The minimum Gasteiger partial charge on any atom is -0.504 e. The van der Waals surface area contributed by atoms with Crippen molar-refractivity contribution in [1.29, 1.82) is 0 Å². The average Bonchev–Trinajstić information content (AvgIpc) is 2.64. The quantitative estimate of drug-likeness (QED) is 0.363. The molecule has 27 heavy (non-hydrogen) atoms. The van der Waals surface area contributed by atoms with Crippen LogP contribution in [0.1, 0.15) is 5.56 Å². The number of phenolic OH excluding ortho intramolecular Hbond substituents is 2. The highest BCUT2D eigenvalue weighted by molar-refractivity contribution is 6.09. The Morgan fingerprint density at radius 3 is 2.30 bits per heavy atom. The molecule has 0 fully saturated rings. The third-order valence-corrected chi connectivity index (χ3v) is 4.41. The molecule has 2 N–H and O–H groups in total. The van der Waals surface area contributed by atoms with Crippen LogP contribution in [0.2, 0.25) is 0 Å². The van der Waals surface area contributed by atoms with Crippen molar-refractivity contribution >= 4 is 21.7 Å². The second-order valence-corrected chi connectivity index (χ2v) is 5.99. The summed E-state index contributed by atoms with van der Waals surface area (Å²) in [6, 6.07) is 10.2. The van der Waals surface area contributed by atoms with E-state index in [0.29, 0.717) is 0 Å². The van der Waals surface area contributed by atoms with Gasteiger partial charge >= 0.3 is 6.18 Å². The predicted molar refractivity (Wildman–Crippen MR) is 93.8 cm³/mol. The third-order valence-electron chi connectivity index (χ3n) is 4.41. The van der Waals surface area contributed by atoms with Gasteiger partial charge in [-0.25, -0.2) is 0 Å². The molecule has 0 spiro atoms. The van der Waals surface area contributed by atoms with E-state index in [9.17, 15) is 28.2 Å². The SMILES string of the molecule is O=c1c(-c2ccccc2C(F)(F)F)coc2ccc3c(O)c(O)ccc3c12. The summed E-state index contributed by atoms with van der Waals surface area (Å²) in [7, 11) is 0. The van der Waals surface area contributed by atoms with Gasteiger partial charge in [0.05, 0.1) is 16.5 Å². The molecule has 0 bridgehead atoms. The van der Waals surface area contributed by atoms with E-state index in [1.54, 1.807) is 0 Å². The van der Waals surface area contributed by atoms with Crippen molar-refractivity contribution in [2.75, 3.05) is 0 Å². The Morgan fingerprint density at radius 1 is 0.852 bits per heavy atom. The van der Waals surface area contributed by atoms with Crippen LogP contribution < -0.4 is 5.43 Å². The lowest BCUT2D eigenvalue weighted by Crippen LogP contribution is -2.11. The highest BCUT2D eigenvalue weighted by Crippen LogP contribution is 2.39. The van der Waals surface area contributed by atoms with Crippen molar-refractivity contribution in [2.24, 2.45) is 0 Å². The summed E-state index contributed by atoms with van der Waals surface area (Å²) < 4.78 is 45.4. The maximum atomic E-state index is 13.3. The van der Waals surface area contributed by atoms with Gasteiger partial charge in [-0.2, -0.15) is 13.2 Å². The van der Waals surface area contributed by atoms with Gasteiger partial charge in [-0.1, -0.05) is 18.2 Å². The van der Waals surface area contributed by atoms with Crippen LogP contribution in [-0.2, 0) is 6.18 Å². The van der Waals surface area contributed by atoms with Crippen molar-refractivity contribution in [3.8, 4) is 22.6 Å². The van der Waals surface area contributed by atoms with Gasteiger partial charge in [0.25, 0.3) is 0 Å². The Morgan fingerprint density at radius 2 is 1.56 bits per heavy atom. The Balaban J connectivity index is 2.12. The van der Waals surface area contributed by atoms with Crippen LogP contribution in [0.3, 0.4) is 0 Å². The molecule has 0 aliphatic rings. The fraction of sp³-hybridized carbons (Fsp3) is 0.0500. The number of halogens is 3. The van der Waals surface area contributed by atoms with Crippen molar-refractivity contribution in [3.63, 3.8) is 0 Å². The largest absolute Gasteiger partial charge is 0.504 e. The first-order chi connectivity index (χ1) is 12.8. The first kappa shape index (κ1) is 17.0. The molecule has 0 aliphatic heterocycles. The Kier molecular flexibility index (Phi) is 3.62. The summed E-state index contributed by atoms with van der Waals surface area (Å²) in [6.45, 7) is 0. The van der Waals surface area contributed by atoms with E-state index < -0.39 is 22.9 Å². The molecule has 0 amide bonds. The van der Waals surface area contributed by atoms with E-state index in [-0.39, 0.29) is 38.6 Å². The lowest BCUT2D eigenvalue weighted by Gasteiger charge is -2.13. The van der Waals surface area contributed by atoms with E-state index in [1.807, 2.05) is 0 Å². The van der Waals surface area contributed by atoms with Crippen LogP contribution >= 0.6 is 0 Å². The number of alkyl halides is 3. The van der Waals surface area contributed by atoms with Crippen LogP contribution in [0.25, 0.3) is 32.9 Å². The molecule has 0 saturated carbocycles. The number of hydrogen-bond acceptors (Lipinski definition) is 4. The van der Waals surface area contributed by atoms with Gasteiger partial charge in [-0.05, 0) is 30.3 Å². The average molecular weight is 372 g/mol. The molecule has 0 unspecified atom stereocenters. The molecular weight excluding hydrogens is 361 g/mol. The first-order valence-electron chi connectivity index (χ1n) is 7.85. The Hall–Kier alpha value is -3.48. The lowest BCUT2D eigenvalue weighted by atomic mass is 9.97. The molecule has 7 heteroatoms. The summed E-state index contributed by atoms with van der Waals surface area (Å²) in [5.74, 6) is -0.792. The van der Waals surface area contributed by atoms with Gasteiger partial charge in [-0.15, -0.1) is 0 Å². The van der Waals surface area contributed by atoms with E-state index in [1.165, 1.54) is 42.5 Å². The number of rotatable bonds is 1. The minimum atomic E-state index is -4.64. The Labute approximate surface area is 149 Å². The van der Waals surface area contributed by atoms with Crippen LogP contribution in [0.5, 0.6) is 11.5 Å². The minimum absolute atomic E-state index is 0.0253. The van der Waals surface area contributed by atoms with E-state index in [2.05, 4.69) is 0 Å². The standard InChI is InChI=1S/C20H11F3O4/c21-20(22,23)14-4-2-1-3-10(14)13-9-27-16-8-6-12-11(17(16)19(13)26)5-7-15(24)18(12)25/h1-9,24-25H. The van der Waals surface area contributed by atoms with Crippen LogP contribution in [0.4, 0.5) is 13.2 Å². The zero-order valence-electron chi connectivity index (χ0n) is 13.5. The molecule has 0 radical (unpaired) electrons. The van der Waals surface area contributed by atoms with Gasteiger partial charge in [0.2, 0.25) is 5.43 Å². The normalized spacial score (nSPS) is 12.0. The lowest BCUT2D eigenvalue weighted by molar-refractivity contribution is -0.137. The molecule has 0 aliphatic carbocycles. The zero-order chi connectivity index (χ0) is 19.3. The summed E-state index contributed by atoms with van der Waals surface area (Å²) in [5.41, 5.74) is -1.98. The first-order valence-corrected chi connectivity index (χ1v) is 7.85. The van der Waals surface area contributed by atoms with Gasteiger partial charge in [0.1, 0.15) is 11.8 Å². The summed E-state index contributed by atoms with van der Waals surface area (Å²) in [4.78, 5) is 13.0. The van der Waals surface area contributed by atoms with Gasteiger partial charge in [0, 0.05) is 16.3 Å². The van der Waals surface area contributed by atoms with Crippen molar-refractivity contribution in [3.05, 3.63) is 70.6 Å². The second kappa shape index (κ2) is 5.77. The second-order valence-electron chi connectivity index (χ2n) is 5.99. The van der Waals surface area contributed by atoms with Gasteiger partial charge in [-0.3, -0.25) is 4.79 Å². The fourth-order valence-electron chi connectivity index (χ4n) is 3.15. The van der Waals surface area contributed by atoms with Crippen LogP contribution in [-0.4, -0.2) is 10.2 Å². The van der Waals surface area contributed by atoms with Crippen molar-refractivity contribution in [2.45, 2.75) is 6.18 Å².